The van der Waals surface area contributed by atoms with Crippen LogP contribution in [-0.4, -0.2) is 27.1 Å². The lowest BCUT2D eigenvalue weighted by atomic mass is 9.99. The van der Waals surface area contributed by atoms with Gasteiger partial charge in [0.15, 0.2) is 5.82 Å². The Bertz CT molecular complexity index is 931. The quantitative estimate of drug-likeness (QED) is 0.596. The van der Waals surface area contributed by atoms with E-state index < -0.39 is 12.0 Å². The van der Waals surface area contributed by atoms with Crippen molar-refractivity contribution in [3.8, 4) is 11.4 Å². The molecule has 5 nitrogen and oxygen atoms in total. The molecular formula is C20H20BrN3O2. The van der Waals surface area contributed by atoms with Gasteiger partial charge in [0, 0.05) is 15.4 Å². The third-order valence-electron chi connectivity index (χ3n) is 4.46. The van der Waals surface area contributed by atoms with Gasteiger partial charge in [-0.1, -0.05) is 66.5 Å². The van der Waals surface area contributed by atoms with Crippen LogP contribution in [-0.2, 0) is 4.79 Å². The van der Waals surface area contributed by atoms with E-state index in [9.17, 15) is 9.90 Å². The molecule has 0 radical (unpaired) electrons. The van der Waals surface area contributed by atoms with Gasteiger partial charge in [-0.2, -0.15) is 0 Å². The summed E-state index contributed by atoms with van der Waals surface area (Å²) in [5, 5.41) is 13.6. The molecule has 0 aliphatic rings. The van der Waals surface area contributed by atoms with E-state index >= 15 is 0 Å². The summed E-state index contributed by atoms with van der Waals surface area (Å²) in [4.78, 5) is 21.0. The van der Waals surface area contributed by atoms with Crippen molar-refractivity contribution in [2.45, 2.75) is 26.3 Å². The number of hydrogen-bond donors (Lipinski definition) is 2. The van der Waals surface area contributed by atoms with Gasteiger partial charge in [0.1, 0.15) is 11.9 Å². The maximum atomic E-state index is 11.7. The fourth-order valence-corrected chi connectivity index (χ4v) is 3.12. The maximum Gasteiger partial charge on any atom is 0.326 e. The standard InChI is InChI=1S/C20H20BrN3O2/c1-3-12(2)17(20(25)26)23-19-15-11-14(21)9-10-16(15)22-18(24-19)13-7-5-4-6-8-13/h4-12,17H,3H2,1-2H3,(H,25,26)(H,22,23,24)/t12-,17-/m0/s1. The third kappa shape index (κ3) is 3.85. The van der Waals surface area contributed by atoms with E-state index in [4.69, 9.17) is 0 Å². The molecule has 0 unspecified atom stereocenters. The van der Waals surface area contributed by atoms with Gasteiger partial charge < -0.3 is 10.4 Å². The molecule has 6 heteroatoms. The van der Waals surface area contributed by atoms with E-state index in [-0.39, 0.29) is 5.92 Å². The second-order valence-electron chi connectivity index (χ2n) is 6.27. The monoisotopic (exact) mass is 413 g/mol. The van der Waals surface area contributed by atoms with E-state index in [2.05, 4.69) is 31.2 Å². The Morgan fingerprint density at radius 1 is 1.19 bits per heavy atom. The van der Waals surface area contributed by atoms with E-state index in [0.29, 0.717) is 11.6 Å². The number of rotatable bonds is 6. The van der Waals surface area contributed by atoms with Crippen molar-refractivity contribution in [1.82, 2.24) is 9.97 Å². The third-order valence-corrected chi connectivity index (χ3v) is 4.95. The summed E-state index contributed by atoms with van der Waals surface area (Å²) in [6.45, 7) is 3.90. The summed E-state index contributed by atoms with van der Waals surface area (Å²) in [7, 11) is 0. The van der Waals surface area contributed by atoms with Crippen molar-refractivity contribution in [3.63, 3.8) is 0 Å². The minimum Gasteiger partial charge on any atom is -0.480 e. The first-order valence-electron chi connectivity index (χ1n) is 8.51. The Balaban J connectivity index is 2.15. The number of fused-ring (bicyclic) bond motifs is 1. The van der Waals surface area contributed by atoms with Crippen molar-refractivity contribution in [2.24, 2.45) is 5.92 Å². The summed E-state index contributed by atoms with van der Waals surface area (Å²) in [5.41, 5.74) is 1.65. The number of aliphatic carboxylic acids is 1. The summed E-state index contributed by atoms with van der Waals surface area (Å²) in [6.07, 6.45) is 0.752. The zero-order valence-corrected chi connectivity index (χ0v) is 16.2. The molecular weight excluding hydrogens is 394 g/mol. The molecule has 0 fully saturated rings. The second-order valence-corrected chi connectivity index (χ2v) is 7.18. The van der Waals surface area contributed by atoms with Crippen LogP contribution in [0, 0.1) is 5.92 Å². The Morgan fingerprint density at radius 3 is 2.58 bits per heavy atom. The smallest absolute Gasteiger partial charge is 0.326 e. The molecule has 26 heavy (non-hydrogen) atoms. The number of hydrogen-bond acceptors (Lipinski definition) is 4. The van der Waals surface area contributed by atoms with Crippen LogP contribution in [0.4, 0.5) is 5.82 Å². The molecule has 1 heterocycles. The highest BCUT2D eigenvalue weighted by Crippen LogP contribution is 2.29. The molecule has 3 aromatic rings. The lowest BCUT2D eigenvalue weighted by Gasteiger charge is -2.22. The first kappa shape index (κ1) is 18.3. The molecule has 0 bridgehead atoms. The molecule has 2 aromatic carbocycles. The van der Waals surface area contributed by atoms with E-state index in [1.807, 2.05) is 62.4 Å². The van der Waals surface area contributed by atoms with Crippen molar-refractivity contribution in [1.29, 1.82) is 0 Å². The SMILES string of the molecule is CC[C@H](C)[C@H](Nc1nc(-c2ccccc2)nc2ccc(Br)cc12)C(=O)O. The zero-order valence-electron chi connectivity index (χ0n) is 14.6. The van der Waals surface area contributed by atoms with Crippen LogP contribution in [0.3, 0.4) is 0 Å². The molecule has 0 amide bonds. The number of anilines is 1. The second kappa shape index (κ2) is 7.83. The van der Waals surface area contributed by atoms with Crippen LogP contribution in [0.5, 0.6) is 0 Å². The van der Waals surface area contributed by atoms with Gasteiger partial charge in [0.25, 0.3) is 0 Å². The van der Waals surface area contributed by atoms with Crippen LogP contribution in [0.25, 0.3) is 22.3 Å². The predicted octanol–water partition coefficient (Wildman–Crippen LogP) is 4.97. The van der Waals surface area contributed by atoms with E-state index in [1.165, 1.54) is 0 Å². The van der Waals surface area contributed by atoms with Crippen LogP contribution in [0.15, 0.2) is 53.0 Å². The Labute approximate surface area is 160 Å². The number of halogens is 1. The Kier molecular flexibility index (Phi) is 5.52. The highest BCUT2D eigenvalue weighted by molar-refractivity contribution is 9.10. The average Bonchev–Trinajstić information content (AvgIpc) is 2.65. The van der Waals surface area contributed by atoms with Gasteiger partial charge in [0.2, 0.25) is 0 Å². The molecule has 0 saturated carbocycles. The molecule has 134 valence electrons. The van der Waals surface area contributed by atoms with Gasteiger partial charge in [-0.3, -0.25) is 0 Å². The fraction of sp³-hybridized carbons (Fsp3) is 0.250. The molecule has 3 rings (SSSR count). The summed E-state index contributed by atoms with van der Waals surface area (Å²) >= 11 is 3.47. The molecule has 0 spiro atoms. The number of carboxylic acid groups (broad SMARTS) is 1. The summed E-state index contributed by atoms with van der Waals surface area (Å²) < 4.78 is 0.888. The normalized spacial score (nSPS) is 13.3. The van der Waals surface area contributed by atoms with Gasteiger partial charge in [-0.15, -0.1) is 0 Å². The number of carboxylic acids is 1. The van der Waals surface area contributed by atoms with Gasteiger partial charge in [-0.05, 0) is 24.1 Å². The molecule has 1 aromatic heterocycles. The highest BCUT2D eigenvalue weighted by Gasteiger charge is 2.25. The first-order chi connectivity index (χ1) is 12.5. The molecule has 2 atom stereocenters. The highest BCUT2D eigenvalue weighted by atomic mass is 79.9. The van der Waals surface area contributed by atoms with E-state index in [1.54, 1.807) is 0 Å². The summed E-state index contributed by atoms with van der Waals surface area (Å²) in [5.74, 6) is 0.172. The van der Waals surface area contributed by atoms with Crippen LogP contribution < -0.4 is 5.32 Å². The van der Waals surface area contributed by atoms with E-state index in [0.717, 1.165) is 27.4 Å². The van der Waals surface area contributed by atoms with Crippen LogP contribution in [0.2, 0.25) is 0 Å². The lowest BCUT2D eigenvalue weighted by Crippen LogP contribution is -2.35. The first-order valence-corrected chi connectivity index (χ1v) is 9.31. The zero-order chi connectivity index (χ0) is 18.7. The minimum absolute atomic E-state index is 0.0372. The molecule has 2 N–H and O–H groups in total. The molecule has 0 saturated heterocycles. The summed E-state index contributed by atoms with van der Waals surface area (Å²) in [6, 6.07) is 14.7. The number of aromatic nitrogens is 2. The number of nitrogens with one attached hydrogen (secondary N) is 1. The predicted molar refractivity (Wildman–Crippen MR) is 107 cm³/mol. The largest absolute Gasteiger partial charge is 0.480 e. The Hall–Kier alpha value is -2.47. The number of benzene rings is 2. The Morgan fingerprint density at radius 2 is 1.92 bits per heavy atom. The van der Waals surface area contributed by atoms with Crippen molar-refractivity contribution >= 4 is 38.6 Å². The van der Waals surface area contributed by atoms with Gasteiger partial charge >= 0.3 is 5.97 Å². The fourth-order valence-electron chi connectivity index (χ4n) is 2.76. The van der Waals surface area contributed by atoms with Gasteiger partial charge in [0.05, 0.1) is 5.52 Å². The van der Waals surface area contributed by atoms with Crippen molar-refractivity contribution in [2.75, 3.05) is 5.32 Å². The maximum absolute atomic E-state index is 11.7. The van der Waals surface area contributed by atoms with Gasteiger partial charge in [-0.25, -0.2) is 14.8 Å². The lowest BCUT2D eigenvalue weighted by molar-refractivity contribution is -0.139. The average molecular weight is 414 g/mol. The van der Waals surface area contributed by atoms with Crippen molar-refractivity contribution < 1.29 is 9.90 Å². The number of carbonyl (C=O) groups is 1. The molecule has 0 aliphatic heterocycles. The van der Waals surface area contributed by atoms with Crippen LogP contribution >= 0.6 is 15.9 Å². The molecule has 0 aliphatic carbocycles. The van der Waals surface area contributed by atoms with Crippen molar-refractivity contribution in [3.05, 3.63) is 53.0 Å². The topological polar surface area (TPSA) is 75.1 Å². The minimum atomic E-state index is -0.887. The number of nitrogens with zero attached hydrogens (tertiary/aromatic N) is 2. The van der Waals surface area contributed by atoms with Crippen LogP contribution in [0.1, 0.15) is 20.3 Å².